The van der Waals surface area contributed by atoms with E-state index in [-0.39, 0.29) is 0 Å². The van der Waals surface area contributed by atoms with Crippen LogP contribution < -0.4 is 0 Å². The van der Waals surface area contributed by atoms with Gasteiger partial charge in [-0.15, -0.1) is 0 Å². The van der Waals surface area contributed by atoms with Crippen LogP contribution in [0.4, 0.5) is 0 Å². The first kappa shape index (κ1) is 7.46. The summed E-state index contributed by atoms with van der Waals surface area (Å²) in [6.07, 6.45) is 8.17. The predicted molar refractivity (Wildman–Crippen MR) is 44.9 cm³/mol. The summed E-state index contributed by atoms with van der Waals surface area (Å²) in [5, 5.41) is 0.898. The molecule has 0 radical (unpaired) electrons. The number of rotatable bonds is 3. The van der Waals surface area contributed by atoms with Gasteiger partial charge in [-0.2, -0.15) is 11.8 Å². The van der Waals surface area contributed by atoms with Gasteiger partial charge in [-0.1, -0.05) is 26.2 Å². The molecule has 0 nitrogen and oxygen atoms in total. The first-order valence-corrected chi connectivity index (χ1v) is 5.14. The van der Waals surface area contributed by atoms with Crippen LogP contribution in [0.1, 0.15) is 32.6 Å². The lowest BCUT2D eigenvalue weighted by Crippen LogP contribution is -2.15. The Balaban J connectivity index is 2.01. The zero-order chi connectivity index (χ0) is 6.69. The Labute approximate surface area is 62.4 Å². The molecule has 0 bridgehead atoms. The van der Waals surface area contributed by atoms with E-state index in [0.29, 0.717) is 0 Å². The van der Waals surface area contributed by atoms with Gasteiger partial charge in [0.2, 0.25) is 0 Å². The van der Waals surface area contributed by atoms with E-state index >= 15 is 0 Å². The van der Waals surface area contributed by atoms with Crippen molar-refractivity contribution in [2.45, 2.75) is 37.9 Å². The molecule has 0 heterocycles. The van der Waals surface area contributed by atoms with Crippen molar-refractivity contribution >= 4 is 11.8 Å². The van der Waals surface area contributed by atoms with Gasteiger partial charge in [0.15, 0.2) is 0 Å². The number of hydrogen-bond acceptors (Lipinski definition) is 1. The van der Waals surface area contributed by atoms with Crippen molar-refractivity contribution < 1.29 is 0 Å². The van der Waals surface area contributed by atoms with E-state index in [1.165, 1.54) is 25.7 Å². The summed E-state index contributed by atoms with van der Waals surface area (Å²) in [4.78, 5) is 0. The molecule has 0 amide bonds. The SMILES string of the molecule is CSC(C)CC1CCC1. The molecule has 0 aromatic heterocycles. The maximum Gasteiger partial charge on any atom is 0.00185 e. The first-order chi connectivity index (χ1) is 4.33. The summed E-state index contributed by atoms with van der Waals surface area (Å²) in [5.41, 5.74) is 0. The number of hydrogen-bond donors (Lipinski definition) is 0. The Morgan fingerprint density at radius 3 is 2.56 bits per heavy atom. The van der Waals surface area contributed by atoms with E-state index in [1.54, 1.807) is 0 Å². The second kappa shape index (κ2) is 3.50. The second-order valence-electron chi connectivity index (χ2n) is 3.08. The third-order valence-corrected chi connectivity index (χ3v) is 3.29. The van der Waals surface area contributed by atoms with Gasteiger partial charge in [0, 0.05) is 5.25 Å². The van der Waals surface area contributed by atoms with Crippen molar-refractivity contribution in [1.82, 2.24) is 0 Å². The van der Waals surface area contributed by atoms with Crippen molar-refractivity contribution in [3.8, 4) is 0 Å². The highest BCUT2D eigenvalue weighted by Crippen LogP contribution is 2.32. The molecule has 1 atom stereocenters. The van der Waals surface area contributed by atoms with E-state index < -0.39 is 0 Å². The molecule has 1 aliphatic carbocycles. The van der Waals surface area contributed by atoms with Crippen LogP contribution in [0.15, 0.2) is 0 Å². The van der Waals surface area contributed by atoms with Gasteiger partial charge >= 0.3 is 0 Å². The quantitative estimate of drug-likeness (QED) is 0.587. The van der Waals surface area contributed by atoms with Crippen LogP contribution in [-0.4, -0.2) is 11.5 Å². The van der Waals surface area contributed by atoms with Crippen LogP contribution in [0.5, 0.6) is 0 Å². The van der Waals surface area contributed by atoms with Crippen molar-refractivity contribution in [3.63, 3.8) is 0 Å². The minimum Gasteiger partial charge on any atom is -0.162 e. The van der Waals surface area contributed by atoms with E-state index in [0.717, 1.165) is 11.2 Å². The lowest BCUT2D eigenvalue weighted by molar-refractivity contribution is 0.297. The molecule has 0 aliphatic heterocycles. The average molecular weight is 144 g/mol. The van der Waals surface area contributed by atoms with Gasteiger partial charge in [-0.3, -0.25) is 0 Å². The van der Waals surface area contributed by atoms with Gasteiger partial charge in [0.1, 0.15) is 0 Å². The Morgan fingerprint density at radius 1 is 1.56 bits per heavy atom. The fourth-order valence-corrected chi connectivity index (χ4v) is 1.76. The summed E-state index contributed by atoms with van der Waals surface area (Å²) in [7, 11) is 0. The largest absolute Gasteiger partial charge is 0.162 e. The van der Waals surface area contributed by atoms with Crippen LogP contribution in [0, 0.1) is 5.92 Å². The molecule has 1 fully saturated rings. The smallest absolute Gasteiger partial charge is 0.00185 e. The Kier molecular flexibility index (Phi) is 2.90. The maximum absolute atomic E-state index is 2.34. The van der Waals surface area contributed by atoms with Crippen LogP contribution in [0.2, 0.25) is 0 Å². The lowest BCUT2D eigenvalue weighted by atomic mass is 9.82. The minimum atomic E-state index is 0.898. The molecule has 1 unspecified atom stereocenters. The summed E-state index contributed by atoms with van der Waals surface area (Å²) in [6, 6.07) is 0. The van der Waals surface area contributed by atoms with E-state index in [2.05, 4.69) is 13.2 Å². The molecule has 0 aromatic carbocycles. The molecule has 1 heteroatoms. The average Bonchev–Trinajstić information content (AvgIpc) is 1.78. The molecule has 0 spiro atoms. The summed E-state index contributed by atoms with van der Waals surface area (Å²) >= 11 is 2.00. The highest BCUT2D eigenvalue weighted by molar-refractivity contribution is 7.99. The highest BCUT2D eigenvalue weighted by atomic mass is 32.2. The third-order valence-electron chi connectivity index (χ3n) is 2.29. The van der Waals surface area contributed by atoms with Crippen LogP contribution >= 0.6 is 11.8 Å². The van der Waals surface area contributed by atoms with Crippen molar-refractivity contribution in [3.05, 3.63) is 0 Å². The van der Waals surface area contributed by atoms with Gasteiger partial charge in [0.25, 0.3) is 0 Å². The summed E-state index contributed by atoms with van der Waals surface area (Å²) in [5.74, 6) is 1.09. The Bertz CT molecular complexity index is 73.9. The molecular formula is C8H16S. The van der Waals surface area contributed by atoms with Crippen molar-refractivity contribution in [2.75, 3.05) is 6.26 Å². The molecule has 0 aromatic rings. The van der Waals surface area contributed by atoms with Gasteiger partial charge in [-0.05, 0) is 18.6 Å². The van der Waals surface area contributed by atoms with Gasteiger partial charge in [0.05, 0.1) is 0 Å². The number of thioether (sulfide) groups is 1. The highest BCUT2D eigenvalue weighted by Gasteiger charge is 2.18. The fraction of sp³-hybridized carbons (Fsp3) is 1.00. The standard InChI is InChI=1S/C8H16S/c1-7(9-2)6-8-4-3-5-8/h7-8H,3-6H2,1-2H3. The Morgan fingerprint density at radius 2 is 2.22 bits per heavy atom. The van der Waals surface area contributed by atoms with Crippen molar-refractivity contribution in [1.29, 1.82) is 0 Å². The second-order valence-corrected chi connectivity index (χ2v) is 4.36. The van der Waals surface area contributed by atoms with E-state index in [4.69, 9.17) is 0 Å². The summed E-state index contributed by atoms with van der Waals surface area (Å²) in [6.45, 7) is 2.34. The first-order valence-electron chi connectivity index (χ1n) is 3.85. The Hall–Kier alpha value is 0.350. The van der Waals surface area contributed by atoms with Crippen LogP contribution in [0.3, 0.4) is 0 Å². The van der Waals surface area contributed by atoms with Crippen LogP contribution in [-0.2, 0) is 0 Å². The van der Waals surface area contributed by atoms with Crippen molar-refractivity contribution in [2.24, 2.45) is 5.92 Å². The van der Waals surface area contributed by atoms with E-state index in [9.17, 15) is 0 Å². The summed E-state index contributed by atoms with van der Waals surface area (Å²) < 4.78 is 0. The zero-order valence-corrected chi connectivity index (χ0v) is 7.21. The topological polar surface area (TPSA) is 0 Å². The zero-order valence-electron chi connectivity index (χ0n) is 6.39. The molecule has 54 valence electrons. The molecule has 1 rings (SSSR count). The third kappa shape index (κ3) is 2.21. The monoisotopic (exact) mass is 144 g/mol. The van der Waals surface area contributed by atoms with Crippen LogP contribution in [0.25, 0.3) is 0 Å². The lowest BCUT2D eigenvalue weighted by Gasteiger charge is -2.27. The molecule has 0 saturated heterocycles. The molecule has 1 aliphatic rings. The molecular weight excluding hydrogens is 128 g/mol. The molecule has 1 saturated carbocycles. The maximum atomic E-state index is 2.34. The fourth-order valence-electron chi connectivity index (χ4n) is 1.29. The van der Waals surface area contributed by atoms with E-state index in [1.807, 2.05) is 11.8 Å². The normalized spacial score (nSPS) is 23.3. The minimum absolute atomic E-state index is 0.898. The molecule has 9 heavy (non-hydrogen) atoms. The van der Waals surface area contributed by atoms with Gasteiger partial charge < -0.3 is 0 Å². The van der Waals surface area contributed by atoms with Gasteiger partial charge in [-0.25, -0.2) is 0 Å². The predicted octanol–water partition coefficient (Wildman–Crippen LogP) is 2.93. The molecule has 0 N–H and O–H groups in total.